The predicted octanol–water partition coefficient (Wildman–Crippen LogP) is 4.31. The normalized spacial score (nSPS) is 19.8. The van der Waals surface area contributed by atoms with E-state index < -0.39 is 0 Å². The molecule has 0 aliphatic heterocycles. The highest BCUT2D eigenvalue weighted by atomic mass is 35.5. The summed E-state index contributed by atoms with van der Waals surface area (Å²) in [5.74, 6) is 1.10. The molecule has 0 fully saturated rings. The molecule has 0 bridgehead atoms. The molecular formula is C22H23ClN4O2. The van der Waals surface area contributed by atoms with Gasteiger partial charge in [-0.2, -0.15) is 9.50 Å². The van der Waals surface area contributed by atoms with Gasteiger partial charge in [0, 0.05) is 17.0 Å². The van der Waals surface area contributed by atoms with E-state index in [9.17, 15) is 4.79 Å². The van der Waals surface area contributed by atoms with E-state index in [0.29, 0.717) is 23.7 Å². The van der Waals surface area contributed by atoms with Crippen LogP contribution in [-0.2, 0) is 11.3 Å². The molecule has 2 aromatic rings. The molecule has 29 heavy (non-hydrogen) atoms. The molecule has 2 aliphatic carbocycles. The smallest absolute Gasteiger partial charge is 0.274 e. The van der Waals surface area contributed by atoms with Crippen LogP contribution in [-0.4, -0.2) is 25.7 Å². The van der Waals surface area contributed by atoms with Crippen LogP contribution in [0.4, 0.5) is 0 Å². The lowest BCUT2D eigenvalue weighted by Crippen LogP contribution is -2.25. The minimum absolute atomic E-state index is 0.0766. The average molecular weight is 411 g/mol. The van der Waals surface area contributed by atoms with Gasteiger partial charge in [0.15, 0.2) is 5.82 Å². The quantitative estimate of drug-likeness (QED) is 0.690. The molecule has 2 unspecified atom stereocenters. The molecule has 0 saturated heterocycles. The molecule has 7 heteroatoms. The van der Waals surface area contributed by atoms with Gasteiger partial charge >= 0.3 is 0 Å². The van der Waals surface area contributed by atoms with Crippen LogP contribution >= 0.6 is 11.6 Å². The van der Waals surface area contributed by atoms with Crippen LogP contribution in [0.1, 0.15) is 37.2 Å². The minimum atomic E-state index is -0.210. The summed E-state index contributed by atoms with van der Waals surface area (Å²) >= 11 is 6.38. The highest BCUT2D eigenvalue weighted by Crippen LogP contribution is 2.30. The molecule has 2 aliphatic rings. The second kappa shape index (κ2) is 8.76. The predicted molar refractivity (Wildman–Crippen MR) is 115 cm³/mol. The van der Waals surface area contributed by atoms with Crippen molar-refractivity contribution in [2.75, 3.05) is 0 Å². The number of allylic oxidation sites excluding steroid dienone is 7. The van der Waals surface area contributed by atoms with Gasteiger partial charge < -0.3 is 4.74 Å². The maximum atomic E-state index is 12.5. The van der Waals surface area contributed by atoms with Crippen molar-refractivity contribution in [1.82, 2.24) is 19.6 Å². The summed E-state index contributed by atoms with van der Waals surface area (Å²) in [5.41, 5.74) is 1.40. The lowest BCUT2D eigenvalue weighted by atomic mass is 9.92. The number of halogens is 1. The molecule has 150 valence electrons. The number of nitrogens with one attached hydrogen (secondary N) is 1. The highest BCUT2D eigenvalue weighted by molar-refractivity contribution is 6.30. The number of H-pyrrole nitrogens is 1. The van der Waals surface area contributed by atoms with Crippen molar-refractivity contribution in [2.24, 2.45) is 5.92 Å². The van der Waals surface area contributed by atoms with Crippen molar-refractivity contribution in [3.8, 4) is 0 Å². The largest absolute Gasteiger partial charge is 0.371 e. The first-order valence-corrected chi connectivity index (χ1v) is 10.1. The molecule has 0 aromatic carbocycles. The molecule has 0 spiro atoms. The maximum absolute atomic E-state index is 12.5. The number of hydrogen-bond donors (Lipinski definition) is 1. The monoisotopic (exact) mass is 410 g/mol. The van der Waals surface area contributed by atoms with Crippen molar-refractivity contribution in [3.63, 3.8) is 0 Å². The highest BCUT2D eigenvalue weighted by Gasteiger charge is 2.25. The van der Waals surface area contributed by atoms with Gasteiger partial charge in [-0.25, -0.2) is 4.98 Å². The third kappa shape index (κ3) is 4.33. The topological polar surface area (TPSA) is 72.3 Å². The molecule has 1 N–H and O–H groups in total. The Bertz CT molecular complexity index is 1090. The van der Waals surface area contributed by atoms with E-state index >= 15 is 0 Å². The average Bonchev–Trinajstić information content (AvgIpc) is 3.17. The van der Waals surface area contributed by atoms with Gasteiger partial charge in [-0.05, 0) is 37.3 Å². The molecule has 0 radical (unpaired) electrons. The number of aromatic nitrogens is 4. The van der Waals surface area contributed by atoms with E-state index in [0.717, 1.165) is 29.9 Å². The first-order chi connectivity index (χ1) is 14.2. The Morgan fingerprint density at radius 3 is 2.97 bits per heavy atom. The van der Waals surface area contributed by atoms with Crippen LogP contribution in [0.2, 0.25) is 0 Å². The molecule has 0 saturated carbocycles. The third-order valence-corrected chi connectivity index (χ3v) is 5.54. The number of hydrogen-bond acceptors (Lipinski definition) is 4. The fraction of sp³-hybridized carbons (Fsp3) is 0.318. The van der Waals surface area contributed by atoms with Gasteiger partial charge in [0.25, 0.3) is 11.3 Å². The molecule has 2 aromatic heterocycles. The molecule has 2 heterocycles. The van der Waals surface area contributed by atoms with Crippen LogP contribution < -0.4 is 5.56 Å². The molecule has 4 rings (SSSR count). The van der Waals surface area contributed by atoms with Gasteiger partial charge in [-0.3, -0.25) is 9.89 Å². The van der Waals surface area contributed by atoms with Crippen molar-refractivity contribution < 1.29 is 4.74 Å². The summed E-state index contributed by atoms with van der Waals surface area (Å²) < 4.78 is 7.47. The van der Waals surface area contributed by atoms with E-state index in [1.54, 1.807) is 0 Å². The first kappa shape index (κ1) is 19.6. The summed E-state index contributed by atoms with van der Waals surface area (Å²) in [7, 11) is 0. The zero-order valence-corrected chi connectivity index (χ0v) is 16.8. The SMILES string of the molecule is C=CCC(OCc1cc(=O)n2[nH]c(C3=CC=CCC3)nc2n1)C1CC=CC=C1Cl. The second-order valence-corrected chi connectivity index (χ2v) is 7.58. The Balaban J connectivity index is 1.54. The van der Waals surface area contributed by atoms with Gasteiger partial charge in [0.1, 0.15) is 0 Å². The zero-order chi connectivity index (χ0) is 20.2. The van der Waals surface area contributed by atoms with E-state index in [1.165, 1.54) is 10.6 Å². The van der Waals surface area contributed by atoms with Crippen molar-refractivity contribution in [1.29, 1.82) is 0 Å². The van der Waals surface area contributed by atoms with Crippen molar-refractivity contribution in [3.05, 3.63) is 82.1 Å². The van der Waals surface area contributed by atoms with Crippen molar-refractivity contribution in [2.45, 2.75) is 38.4 Å². The fourth-order valence-electron chi connectivity index (χ4n) is 3.60. The van der Waals surface area contributed by atoms with Crippen LogP contribution in [0.15, 0.2) is 65.0 Å². The van der Waals surface area contributed by atoms with Crippen LogP contribution in [0.3, 0.4) is 0 Å². The molecule has 2 atom stereocenters. The number of aromatic amines is 1. The van der Waals surface area contributed by atoms with E-state index in [4.69, 9.17) is 16.3 Å². The summed E-state index contributed by atoms with van der Waals surface area (Å²) in [4.78, 5) is 21.5. The van der Waals surface area contributed by atoms with Gasteiger partial charge in [-0.15, -0.1) is 6.58 Å². The van der Waals surface area contributed by atoms with Gasteiger partial charge in [-0.1, -0.05) is 48.1 Å². The molecule has 0 amide bonds. The number of ether oxygens (including phenoxy) is 1. The van der Waals surface area contributed by atoms with E-state index in [2.05, 4.69) is 33.8 Å². The Kier molecular flexibility index (Phi) is 5.92. The fourth-order valence-corrected chi connectivity index (χ4v) is 3.90. The number of rotatable bonds is 7. The summed E-state index contributed by atoms with van der Waals surface area (Å²) in [6.07, 6.45) is 17.1. The Morgan fingerprint density at radius 1 is 1.34 bits per heavy atom. The second-order valence-electron chi connectivity index (χ2n) is 7.15. The zero-order valence-electron chi connectivity index (χ0n) is 16.1. The standard InChI is InChI=1S/C22H23ClN4O2/c1-2-8-19(17-11-6-7-12-18(17)23)29-14-16-13-20(28)27-22(24-16)25-21(26-27)15-9-4-3-5-10-15/h2-4,6-7,9,12-13,17,19H,1,5,8,10-11,14H2,(H,24,25,26). The lowest BCUT2D eigenvalue weighted by Gasteiger charge is -2.26. The summed E-state index contributed by atoms with van der Waals surface area (Å²) in [5, 5.41) is 3.82. The molecular weight excluding hydrogens is 388 g/mol. The maximum Gasteiger partial charge on any atom is 0.274 e. The van der Waals surface area contributed by atoms with Crippen LogP contribution in [0, 0.1) is 5.92 Å². The van der Waals surface area contributed by atoms with E-state index in [1.807, 2.05) is 30.4 Å². The van der Waals surface area contributed by atoms with Crippen LogP contribution in [0.5, 0.6) is 0 Å². The minimum Gasteiger partial charge on any atom is -0.371 e. The first-order valence-electron chi connectivity index (χ1n) is 9.75. The molecule has 6 nitrogen and oxygen atoms in total. The summed E-state index contributed by atoms with van der Waals surface area (Å²) in [6, 6.07) is 1.48. The lowest BCUT2D eigenvalue weighted by molar-refractivity contribution is 0.0133. The number of nitrogens with zero attached hydrogens (tertiary/aromatic N) is 3. The Hall–Kier alpha value is -2.70. The van der Waals surface area contributed by atoms with Gasteiger partial charge in [0.05, 0.1) is 18.4 Å². The Labute approximate surface area is 173 Å². The number of fused-ring (bicyclic) bond motifs is 1. The van der Waals surface area contributed by atoms with Gasteiger partial charge in [0.2, 0.25) is 0 Å². The van der Waals surface area contributed by atoms with E-state index in [-0.39, 0.29) is 24.2 Å². The Morgan fingerprint density at radius 2 is 2.21 bits per heavy atom. The summed E-state index contributed by atoms with van der Waals surface area (Å²) in [6.45, 7) is 4.03. The van der Waals surface area contributed by atoms with Crippen molar-refractivity contribution >= 4 is 23.0 Å². The third-order valence-electron chi connectivity index (χ3n) is 5.13. The van der Waals surface area contributed by atoms with Crippen LogP contribution in [0.25, 0.3) is 11.4 Å².